The minimum atomic E-state index is 0.0893. The van der Waals surface area contributed by atoms with Crippen LogP contribution in [-0.4, -0.2) is 46.2 Å². The maximum atomic E-state index is 6.52. The predicted octanol–water partition coefficient (Wildman–Crippen LogP) is 8.66. The molecule has 2 heterocycles. The van der Waals surface area contributed by atoms with Crippen molar-refractivity contribution in [2.24, 2.45) is 11.8 Å². The van der Waals surface area contributed by atoms with E-state index in [1.165, 1.54) is 29.6 Å². The van der Waals surface area contributed by atoms with Crippen molar-refractivity contribution in [1.82, 2.24) is 0 Å². The van der Waals surface area contributed by atoms with Crippen LogP contribution in [0.3, 0.4) is 0 Å². The fourth-order valence-electron chi connectivity index (χ4n) is 5.10. The number of unbranched alkanes of at least 4 members (excludes halogenated alkanes) is 2. The molecule has 3 atom stereocenters. The molecule has 2 saturated heterocycles. The summed E-state index contributed by atoms with van der Waals surface area (Å²) >= 11 is 14.7. The van der Waals surface area contributed by atoms with Gasteiger partial charge in [0.15, 0.2) is 0 Å². The molecule has 0 spiro atoms. The molecule has 4 nitrogen and oxygen atoms in total. The van der Waals surface area contributed by atoms with Gasteiger partial charge >= 0.3 is 0 Å². The standard InChI is InChI=1S/C31H42O4S4/c1-5-6-7-8-22-14-27(34-30(36)38-12-11-24-18-33-24)29(26-13-21(4)9-10-25(26)20(2)3)28(15-22)35-31(37)39-19-23-16-32-17-23/h13-15,23-26H,2,5-12,16-19H2,1,3-4H3/t24?,25-,26+/m0/s1. The minimum Gasteiger partial charge on any atom is -0.439 e. The Labute approximate surface area is 254 Å². The van der Waals surface area contributed by atoms with Gasteiger partial charge < -0.3 is 18.9 Å². The second kappa shape index (κ2) is 15.4. The molecular weight excluding hydrogens is 565 g/mol. The first kappa shape index (κ1) is 31.0. The Balaban J connectivity index is 1.67. The number of hydrogen-bond acceptors (Lipinski definition) is 8. The topological polar surface area (TPSA) is 40.2 Å². The Bertz CT molecular complexity index is 1060. The first-order valence-electron chi connectivity index (χ1n) is 14.2. The van der Waals surface area contributed by atoms with E-state index in [1.54, 1.807) is 23.5 Å². The molecule has 4 rings (SSSR count). The van der Waals surface area contributed by atoms with E-state index in [1.807, 2.05) is 0 Å². The zero-order valence-electron chi connectivity index (χ0n) is 23.5. The summed E-state index contributed by atoms with van der Waals surface area (Å²) in [5.74, 6) is 4.32. The Morgan fingerprint density at radius 2 is 1.77 bits per heavy atom. The summed E-state index contributed by atoms with van der Waals surface area (Å²) in [5, 5.41) is 0. The number of epoxide rings is 1. The van der Waals surface area contributed by atoms with Crippen molar-refractivity contribution in [2.45, 2.75) is 77.7 Å². The summed E-state index contributed by atoms with van der Waals surface area (Å²) in [5.41, 5.74) is 4.78. The zero-order chi connectivity index (χ0) is 27.8. The largest absolute Gasteiger partial charge is 0.439 e. The van der Waals surface area contributed by atoms with Crippen LogP contribution >= 0.6 is 48.0 Å². The molecule has 0 amide bonds. The van der Waals surface area contributed by atoms with Gasteiger partial charge in [-0.25, -0.2) is 0 Å². The summed E-state index contributed by atoms with van der Waals surface area (Å²) in [4.78, 5) is 0. The molecule has 214 valence electrons. The summed E-state index contributed by atoms with van der Waals surface area (Å²) in [7, 11) is 0. The lowest BCUT2D eigenvalue weighted by atomic mass is 9.73. The number of aryl methyl sites for hydroxylation is 1. The quantitative estimate of drug-likeness (QED) is 0.0956. The Kier molecular flexibility index (Phi) is 12.2. The SMILES string of the molecule is C=C(C)[C@@H]1CCC(C)=C[C@H]1c1c(OC(=S)SCCC2CO2)cc(CCCCC)cc1OC(=S)SCC1COC1. The molecule has 0 N–H and O–H groups in total. The fourth-order valence-corrected chi connectivity index (χ4v) is 7.14. The molecule has 0 radical (unpaired) electrons. The van der Waals surface area contributed by atoms with Crippen molar-refractivity contribution in [1.29, 1.82) is 0 Å². The van der Waals surface area contributed by atoms with Gasteiger partial charge in [0, 0.05) is 28.9 Å². The molecule has 39 heavy (non-hydrogen) atoms. The van der Waals surface area contributed by atoms with Gasteiger partial charge in [0.25, 0.3) is 0 Å². The van der Waals surface area contributed by atoms with Gasteiger partial charge in [0.2, 0.25) is 8.77 Å². The van der Waals surface area contributed by atoms with E-state index in [0.717, 1.165) is 80.5 Å². The van der Waals surface area contributed by atoms with Crippen molar-refractivity contribution in [3.8, 4) is 11.5 Å². The number of thioether (sulfide) groups is 2. The molecule has 1 aromatic rings. The van der Waals surface area contributed by atoms with E-state index < -0.39 is 0 Å². The molecule has 0 aromatic heterocycles. The number of ether oxygens (including phenoxy) is 4. The second-order valence-corrected chi connectivity index (χ2v) is 14.3. The molecule has 2 aliphatic heterocycles. The van der Waals surface area contributed by atoms with E-state index >= 15 is 0 Å². The highest BCUT2D eigenvalue weighted by Gasteiger charge is 2.32. The van der Waals surface area contributed by atoms with Crippen LogP contribution in [-0.2, 0) is 15.9 Å². The average molecular weight is 607 g/mol. The first-order valence-corrected chi connectivity index (χ1v) is 17.0. The number of benzene rings is 1. The van der Waals surface area contributed by atoms with E-state index in [0.29, 0.717) is 26.7 Å². The predicted molar refractivity (Wildman–Crippen MR) is 174 cm³/mol. The van der Waals surface area contributed by atoms with Crippen LogP contribution in [0.25, 0.3) is 0 Å². The lowest BCUT2D eigenvalue weighted by Crippen LogP contribution is -2.30. The van der Waals surface area contributed by atoms with Crippen molar-refractivity contribution >= 4 is 56.7 Å². The number of allylic oxidation sites excluding steroid dienone is 3. The summed E-state index contributed by atoms with van der Waals surface area (Å²) in [6, 6.07) is 4.37. The molecule has 1 aliphatic carbocycles. The van der Waals surface area contributed by atoms with Gasteiger partial charge in [0.05, 0.1) is 25.9 Å². The molecule has 0 bridgehead atoms. The fraction of sp³-hybridized carbons (Fsp3) is 0.613. The van der Waals surface area contributed by atoms with E-state index in [4.69, 9.17) is 43.4 Å². The van der Waals surface area contributed by atoms with E-state index in [2.05, 4.69) is 45.6 Å². The van der Waals surface area contributed by atoms with E-state index in [-0.39, 0.29) is 5.92 Å². The molecule has 3 aliphatic rings. The van der Waals surface area contributed by atoms with Crippen LogP contribution in [0.4, 0.5) is 0 Å². The molecular formula is C31H42O4S4. The van der Waals surface area contributed by atoms with Crippen molar-refractivity contribution in [3.05, 3.63) is 47.1 Å². The van der Waals surface area contributed by atoms with Crippen LogP contribution in [0, 0.1) is 11.8 Å². The lowest BCUT2D eigenvalue weighted by Gasteiger charge is -2.33. The molecule has 8 heteroatoms. The van der Waals surface area contributed by atoms with E-state index in [9.17, 15) is 0 Å². The van der Waals surface area contributed by atoms with Gasteiger partial charge in [-0.15, -0.1) is 0 Å². The van der Waals surface area contributed by atoms with Gasteiger partial charge in [0.1, 0.15) is 11.5 Å². The van der Waals surface area contributed by atoms with Gasteiger partial charge in [-0.05, 0) is 94.0 Å². The lowest BCUT2D eigenvalue weighted by molar-refractivity contribution is -0.0195. The highest BCUT2D eigenvalue weighted by molar-refractivity contribution is 8.23. The van der Waals surface area contributed by atoms with Crippen LogP contribution in [0.15, 0.2) is 35.9 Å². The van der Waals surface area contributed by atoms with Crippen molar-refractivity contribution in [3.63, 3.8) is 0 Å². The number of rotatable bonds is 13. The first-order chi connectivity index (χ1) is 18.8. The minimum absolute atomic E-state index is 0.0893. The third-order valence-corrected chi connectivity index (χ3v) is 10.1. The maximum Gasteiger partial charge on any atom is 0.225 e. The van der Waals surface area contributed by atoms with Gasteiger partial charge in [-0.3, -0.25) is 0 Å². The van der Waals surface area contributed by atoms with Crippen LogP contribution in [0.2, 0.25) is 0 Å². The Morgan fingerprint density at radius 3 is 2.36 bits per heavy atom. The number of hydrogen-bond donors (Lipinski definition) is 0. The van der Waals surface area contributed by atoms with Crippen molar-refractivity contribution < 1.29 is 18.9 Å². The monoisotopic (exact) mass is 606 g/mol. The highest BCUT2D eigenvalue weighted by atomic mass is 32.2. The second-order valence-electron chi connectivity index (χ2n) is 11.0. The van der Waals surface area contributed by atoms with Crippen LogP contribution < -0.4 is 9.47 Å². The Morgan fingerprint density at radius 1 is 1.08 bits per heavy atom. The third-order valence-electron chi connectivity index (χ3n) is 7.54. The van der Waals surface area contributed by atoms with Gasteiger partial charge in [-0.1, -0.05) is 67.1 Å². The Hall–Kier alpha value is -0.900. The molecule has 1 aromatic carbocycles. The highest BCUT2D eigenvalue weighted by Crippen LogP contribution is 2.48. The summed E-state index contributed by atoms with van der Waals surface area (Å²) < 4.78 is 24.8. The molecule has 0 saturated carbocycles. The maximum absolute atomic E-state index is 6.52. The van der Waals surface area contributed by atoms with Crippen molar-refractivity contribution in [2.75, 3.05) is 31.3 Å². The van der Waals surface area contributed by atoms with Crippen LogP contribution in [0.1, 0.15) is 76.3 Å². The van der Waals surface area contributed by atoms with Crippen LogP contribution in [0.5, 0.6) is 11.5 Å². The molecule has 1 unspecified atom stereocenters. The normalized spacial score (nSPS) is 22.5. The molecule has 2 fully saturated rings. The smallest absolute Gasteiger partial charge is 0.225 e. The zero-order valence-corrected chi connectivity index (χ0v) is 26.8. The third kappa shape index (κ3) is 9.57. The summed E-state index contributed by atoms with van der Waals surface area (Å²) in [6.45, 7) is 13.4. The average Bonchev–Trinajstić information content (AvgIpc) is 3.67. The summed E-state index contributed by atoms with van der Waals surface area (Å²) in [6.07, 6.45) is 10.3. The van der Waals surface area contributed by atoms with Gasteiger partial charge in [-0.2, -0.15) is 0 Å². The number of thiocarbonyl (C=S) groups is 2.